The van der Waals surface area contributed by atoms with Crippen LogP contribution in [0, 0.1) is 6.07 Å². The van der Waals surface area contributed by atoms with Crippen LogP contribution in [-0.4, -0.2) is 55.8 Å². The van der Waals surface area contributed by atoms with Gasteiger partial charge in [0.05, 0.1) is 27.5 Å². The van der Waals surface area contributed by atoms with E-state index in [4.69, 9.17) is 5.11 Å². The minimum atomic E-state index is -5.09. The number of hydrogen-bond acceptors (Lipinski definition) is 17. The van der Waals surface area contributed by atoms with Crippen molar-refractivity contribution in [2.45, 2.75) is 22.6 Å². The molecule has 5 aromatic rings. The van der Waals surface area contributed by atoms with E-state index >= 15 is 0 Å². The van der Waals surface area contributed by atoms with Crippen molar-refractivity contribution >= 4 is 78.6 Å². The van der Waals surface area contributed by atoms with Crippen LogP contribution >= 0.6 is 12.0 Å². The molecule has 5 rings (SSSR count). The van der Waals surface area contributed by atoms with Gasteiger partial charge in [0.2, 0.25) is 11.9 Å². The van der Waals surface area contributed by atoms with Crippen molar-refractivity contribution in [1.29, 1.82) is 0 Å². The second-order valence-corrected chi connectivity index (χ2v) is 11.6. The number of phenolic OH excluding ortho intramolecular Hbond substituents is 2. The molecule has 0 fully saturated rings. The number of benzene rings is 4. The van der Waals surface area contributed by atoms with E-state index in [-0.39, 0.29) is 170 Å². The number of aromatic nitrogens is 3. The summed E-state index contributed by atoms with van der Waals surface area (Å²) in [5.74, 6) is -2.31. The Morgan fingerprint density at radius 2 is 1.82 bits per heavy atom. The molecule has 0 spiro atoms. The van der Waals surface area contributed by atoms with Gasteiger partial charge in [-0.15, -0.1) is 17.5 Å². The number of nitrogens with one attached hydrogen (secondary N) is 3. The van der Waals surface area contributed by atoms with Gasteiger partial charge in [0, 0.05) is 18.4 Å². The third-order valence-corrected chi connectivity index (χ3v) is 7.79. The van der Waals surface area contributed by atoms with Gasteiger partial charge in [0.15, 0.2) is 5.75 Å². The van der Waals surface area contributed by atoms with Crippen molar-refractivity contribution in [3.63, 3.8) is 0 Å². The molecular formula is C27H20N7Na3O11S2. The van der Waals surface area contributed by atoms with Crippen LogP contribution in [0.1, 0.15) is 12.8 Å². The van der Waals surface area contributed by atoms with Crippen LogP contribution in [0.5, 0.6) is 11.5 Å². The predicted octanol–water partition coefficient (Wildman–Crippen LogP) is -5.73. The Labute approximate surface area is 352 Å². The monoisotopic (exact) mass is 751 g/mol. The second-order valence-electron chi connectivity index (χ2n) is 9.47. The molecule has 23 heteroatoms. The van der Waals surface area contributed by atoms with Gasteiger partial charge >= 0.3 is 100 Å². The Balaban J connectivity index is 0.00000289. The number of fused-ring (bicyclic) bond motifs is 2. The summed E-state index contributed by atoms with van der Waals surface area (Å²) in [6.07, 6.45) is 0.0280. The Morgan fingerprint density at radius 1 is 1.06 bits per heavy atom. The summed E-state index contributed by atoms with van der Waals surface area (Å²) >= 11 is 0.289. The molecule has 0 aliphatic carbocycles. The fourth-order valence-corrected chi connectivity index (χ4v) is 5.45. The fourth-order valence-electron chi connectivity index (χ4n) is 4.43. The summed E-state index contributed by atoms with van der Waals surface area (Å²) in [6.45, 7) is 0.0962. The number of aromatic hydroxyl groups is 2. The average Bonchev–Trinajstić information content (AvgIpc) is 3.00. The Kier molecular flexibility index (Phi) is 17.0. The first-order chi connectivity index (χ1) is 22.4. The molecule has 0 saturated carbocycles. The number of carbonyl (C=O) groups is 1. The second kappa shape index (κ2) is 19.5. The standard InChI is InChI=1S/C27H22N7O11S2.3Na/c35-18-7-2-5-13-4-1-6-16(21(13)18)33-34-23-19(46-45-44-40)11-14-10-15(47(41,42)43)12-17(22(14)24(23)38)29-26-30-25(31-27(39)32-26)28-9-3-8-20(36)37;;;/h2,4-7,10-12,35,38,40H,3,8-9H2,(H,36,37)(H,41,42,43)(H3,28,29,30,31,32,39);;;/q-1;3*+1/p-2. The molecule has 0 radical (unpaired) electrons. The molecule has 4 aromatic carbocycles. The van der Waals surface area contributed by atoms with Crippen molar-refractivity contribution in [2.24, 2.45) is 10.2 Å². The van der Waals surface area contributed by atoms with Gasteiger partial charge in [-0.2, -0.15) is 31.5 Å². The summed E-state index contributed by atoms with van der Waals surface area (Å²) in [6, 6.07) is 13.7. The molecule has 0 saturated heterocycles. The van der Waals surface area contributed by atoms with E-state index < -0.39 is 32.4 Å². The maximum atomic E-state index is 12.3. The van der Waals surface area contributed by atoms with Gasteiger partial charge in [-0.3, -0.25) is 14.8 Å². The minimum Gasteiger partial charge on any atom is -0.744 e. The molecule has 0 atom stereocenters. The molecule has 0 amide bonds. The molecule has 244 valence electrons. The summed E-state index contributed by atoms with van der Waals surface area (Å²) in [5, 5.41) is 59.1. The molecule has 0 bridgehead atoms. The van der Waals surface area contributed by atoms with Crippen molar-refractivity contribution in [2.75, 3.05) is 17.2 Å². The van der Waals surface area contributed by atoms with Gasteiger partial charge in [0.1, 0.15) is 21.6 Å². The summed E-state index contributed by atoms with van der Waals surface area (Å²) in [4.78, 5) is 32.2. The number of azo groups is 1. The molecule has 50 heavy (non-hydrogen) atoms. The third kappa shape index (κ3) is 10.8. The Hall–Kier alpha value is -2.38. The minimum absolute atomic E-state index is 0. The van der Waals surface area contributed by atoms with E-state index in [1.807, 2.05) is 0 Å². The first kappa shape index (κ1) is 43.8. The van der Waals surface area contributed by atoms with Gasteiger partial charge in [0.25, 0.3) is 0 Å². The van der Waals surface area contributed by atoms with Crippen LogP contribution in [0.2, 0.25) is 0 Å². The van der Waals surface area contributed by atoms with Crippen molar-refractivity contribution in [3.8, 4) is 11.5 Å². The van der Waals surface area contributed by atoms with E-state index in [1.54, 1.807) is 18.2 Å². The Morgan fingerprint density at radius 3 is 2.52 bits per heavy atom. The van der Waals surface area contributed by atoms with E-state index in [9.17, 15) is 38.0 Å². The van der Waals surface area contributed by atoms with Gasteiger partial charge in [-0.05, 0) is 41.8 Å². The number of carboxylic acids is 1. The third-order valence-electron chi connectivity index (χ3n) is 6.37. The predicted molar refractivity (Wildman–Crippen MR) is 162 cm³/mol. The van der Waals surface area contributed by atoms with Crippen LogP contribution < -0.4 is 110 Å². The number of nitrogens with zero attached hydrogens (tertiary/aromatic N) is 4. The number of phenols is 2. The van der Waals surface area contributed by atoms with E-state index in [1.165, 1.54) is 18.2 Å². The first-order valence-corrected chi connectivity index (χ1v) is 15.3. The average molecular weight is 752 g/mol. The quantitative estimate of drug-likeness (QED) is 0.00955. The SMILES string of the molecule is O=C(O)CCCNc1nc(Nc2cc(S(=O)(=O)[O-])cc3cc(SOO[O-])c(N=Nc4c[c-]cc5cccc(O)c45)c(O)c23)[nH]c(=O)n1.[Na+].[Na+].[Na+]. The first-order valence-electron chi connectivity index (χ1n) is 13.1. The molecule has 0 unspecified atom stereocenters. The van der Waals surface area contributed by atoms with E-state index in [2.05, 4.69) is 51.3 Å². The molecule has 18 nitrogen and oxygen atoms in total. The maximum absolute atomic E-state index is 12.3. The van der Waals surface area contributed by atoms with Crippen molar-refractivity contribution in [3.05, 3.63) is 65.1 Å². The summed E-state index contributed by atoms with van der Waals surface area (Å²) in [7, 11) is -5.09. The molecule has 1 heterocycles. The number of hydrogen-bond donors (Lipinski definition) is 6. The van der Waals surface area contributed by atoms with Crippen LogP contribution in [0.4, 0.5) is 29.0 Å². The molecule has 1 aromatic heterocycles. The zero-order valence-corrected chi connectivity index (χ0v) is 34.1. The number of aromatic amines is 1. The molecule has 6 N–H and O–H groups in total. The zero-order chi connectivity index (χ0) is 33.7. The van der Waals surface area contributed by atoms with Crippen LogP contribution in [0.15, 0.2) is 73.3 Å². The summed E-state index contributed by atoms with van der Waals surface area (Å²) in [5.41, 5.74) is -1.32. The van der Waals surface area contributed by atoms with Gasteiger partial charge < -0.3 is 35.8 Å². The molecular weight excluding hydrogens is 731 g/mol. The number of carboxylic acid groups (broad SMARTS) is 1. The van der Waals surface area contributed by atoms with Crippen LogP contribution in [0.3, 0.4) is 0 Å². The van der Waals surface area contributed by atoms with Gasteiger partial charge in [-0.25, -0.2) is 18.3 Å². The zero-order valence-electron chi connectivity index (χ0n) is 26.5. The number of H-pyrrole nitrogens is 1. The maximum Gasteiger partial charge on any atom is 1.00 e. The van der Waals surface area contributed by atoms with E-state index in [0.29, 0.717) is 10.8 Å². The fraction of sp³-hybridized carbons (Fsp3) is 0.111. The Bertz CT molecular complexity index is 2210. The number of rotatable bonds is 13. The summed E-state index contributed by atoms with van der Waals surface area (Å²) < 4.78 is 40.6. The molecule has 0 aliphatic rings. The van der Waals surface area contributed by atoms with E-state index in [0.717, 1.165) is 12.1 Å². The normalized spacial score (nSPS) is 11.1. The van der Waals surface area contributed by atoms with Crippen molar-refractivity contribution < 1.29 is 136 Å². The molecule has 0 aliphatic heterocycles. The van der Waals surface area contributed by atoms with Crippen LogP contribution in [-0.2, 0) is 24.3 Å². The number of anilines is 3. The van der Waals surface area contributed by atoms with Crippen LogP contribution in [0.25, 0.3) is 21.5 Å². The topological polar surface area (TPSA) is 284 Å². The van der Waals surface area contributed by atoms with Gasteiger partial charge in [-0.1, -0.05) is 11.5 Å². The van der Waals surface area contributed by atoms with Crippen molar-refractivity contribution in [1.82, 2.24) is 15.0 Å². The number of aliphatic carboxylic acids is 1. The largest absolute Gasteiger partial charge is 1.00 e. The smallest absolute Gasteiger partial charge is 0.744 e.